The van der Waals surface area contributed by atoms with Gasteiger partial charge in [0.2, 0.25) is 5.91 Å². The van der Waals surface area contributed by atoms with Crippen LogP contribution in [0.4, 0.5) is 10.1 Å². The molecule has 2 aromatic carbocycles. The number of aromatic nitrogens is 5. The molecule has 0 saturated carbocycles. The molecular weight excluding hydrogens is 419 g/mol. The quantitative estimate of drug-likeness (QED) is 0.468. The van der Waals surface area contributed by atoms with Gasteiger partial charge in [-0.1, -0.05) is 23.4 Å². The van der Waals surface area contributed by atoms with E-state index in [1.807, 2.05) is 0 Å². The van der Waals surface area contributed by atoms with Gasteiger partial charge < -0.3 is 14.8 Å². The number of rotatable bonds is 7. The Hall–Kier alpha value is -4.28. The van der Waals surface area contributed by atoms with Crippen molar-refractivity contribution >= 4 is 22.8 Å². The fourth-order valence-corrected chi connectivity index (χ4v) is 3.16. The van der Waals surface area contributed by atoms with Crippen LogP contribution in [0.5, 0.6) is 11.5 Å². The molecule has 32 heavy (non-hydrogen) atoms. The minimum atomic E-state index is -0.530. The minimum Gasteiger partial charge on any atom is -0.493 e. The largest absolute Gasteiger partial charge is 0.493 e. The molecule has 2 aromatic heterocycles. The topological polar surface area (TPSA) is 113 Å². The van der Waals surface area contributed by atoms with Gasteiger partial charge in [-0.15, -0.1) is 5.10 Å². The smallest absolute Gasteiger partial charge is 0.283 e. The predicted molar refractivity (Wildman–Crippen MR) is 113 cm³/mol. The van der Waals surface area contributed by atoms with Crippen molar-refractivity contribution in [3.05, 3.63) is 70.5 Å². The second-order valence-electron chi connectivity index (χ2n) is 6.81. The zero-order chi connectivity index (χ0) is 22.7. The summed E-state index contributed by atoms with van der Waals surface area (Å²) in [7, 11) is 3.00. The Morgan fingerprint density at radius 3 is 2.66 bits per heavy atom. The number of carbonyl (C=O) groups excluding carboxylic acids is 1. The van der Waals surface area contributed by atoms with E-state index in [-0.39, 0.29) is 24.3 Å². The van der Waals surface area contributed by atoms with Crippen LogP contribution in [0.3, 0.4) is 0 Å². The Bertz CT molecular complexity index is 1350. The van der Waals surface area contributed by atoms with E-state index in [1.165, 1.54) is 31.3 Å². The molecule has 0 fully saturated rings. The van der Waals surface area contributed by atoms with Crippen LogP contribution < -0.4 is 20.3 Å². The van der Waals surface area contributed by atoms with E-state index in [4.69, 9.17) is 9.47 Å². The van der Waals surface area contributed by atoms with Gasteiger partial charge in [-0.25, -0.2) is 14.1 Å². The van der Waals surface area contributed by atoms with Gasteiger partial charge in [0.15, 0.2) is 22.7 Å². The molecule has 10 nitrogen and oxygen atoms in total. The van der Waals surface area contributed by atoms with Crippen molar-refractivity contribution < 1.29 is 18.7 Å². The molecule has 4 aromatic rings. The first kappa shape index (κ1) is 21.0. The number of methoxy groups -OCH3 is 2. The highest BCUT2D eigenvalue weighted by molar-refractivity contribution is 5.91. The summed E-state index contributed by atoms with van der Waals surface area (Å²) in [4.78, 5) is 29.4. The summed E-state index contributed by atoms with van der Waals surface area (Å²) in [6.07, 6.45) is 1.24. The Labute approximate surface area is 181 Å². The maximum Gasteiger partial charge on any atom is 0.283 e. The summed E-state index contributed by atoms with van der Waals surface area (Å²) < 4.78 is 26.8. The van der Waals surface area contributed by atoms with Gasteiger partial charge in [0.05, 0.1) is 20.8 Å². The van der Waals surface area contributed by atoms with Crippen LogP contribution in [0, 0.1) is 5.82 Å². The number of carbonyl (C=O) groups is 1. The van der Waals surface area contributed by atoms with Crippen molar-refractivity contribution in [1.82, 2.24) is 24.5 Å². The molecule has 0 spiro atoms. The van der Waals surface area contributed by atoms with Crippen molar-refractivity contribution in [2.24, 2.45) is 0 Å². The van der Waals surface area contributed by atoms with E-state index in [2.05, 4.69) is 20.6 Å². The van der Waals surface area contributed by atoms with E-state index in [0.29, 0.717) is 22.7 Å². The third-order valence-corrected chi connectivity index (χ3v) is 4.75. The summed E-state index contributed by atoms with van der Waals surface area (Å²) in [5, 5.41) is 10.5. The van der Waals surface area contributed by atoms with Crippen molar-refractivity contribution in [3.63, 3.8) is 0 Å². The van der Waals surface area contributed by atoms with Crippen LogP contribution in [0.25, 0.3) is 11.2 Å². The van der Waals surface area contributed by atoms with Crippen molar-refractivity contribution in [2.75, 3.05) is 19.5 Å². The molecule has 11 heteroatoms. The van der Waals surface area contributed by atoms with E-state index in [1.54, 1.807) is 36.4 Å². The lowest BCUT2D eigenvalue weighted by Gasteiger charge is -2.11. The molecular formula is C21H19FN6O4. The van der Waals surface area contributed by atoms with E-state index in [9.17, 15) is 14.0 Å². The molecule has 4 rings (SSSR count). The molecule has 0 aliphatic rings. The van der Waals surface area contributed by atoms with Gasteiger partial charge in [0.1, 0.15) is 18.7 Å². The van der Waals surface area contributed by atoms with Crippen LogP contribution in [0.2, 0.25) is 0 Å². The van der Waals surface area contributed by atoms with Gasteiger partial charge in [0.25, 0.3) is 5.56 Å². The fourth-order valence-electron chi connectivity index (χ4n) is 3.16. The van der Waals surface area contributed by atoms with Gasteiger partial charge in [0, 0.05) is 17.3 Å². The Kier molecular flexibility index (Phi) is 5.79. The van der Waals surface area contributed by atoms with E-state index >= 15 is 0 Å². The fraction of sp³-hybridized carbons (Fsp3) is 0.190. The minimum absolute atomic E-state index is 0.0113. The van der Waals surface area contributed by atoms with Crippen LogP contribution in [-0.4, -0.2) is 44.7 Å². The Morgan fingerprint density at radius 2 is 1.91 bits per heavy atom. The van der Waals surface area contributed by atoms with E-state index < -0.39 is 17.3 Å². The standard InChI is InChI=1S/C21H19FN6O4/c1-31-16-8-7-14(9-17(16)32-2)24-18(29)11-27-12-23-20-19(21(27)30)25-26-28(20)10-13-5-3-4-6-15(13)22/h3-9,12H,10-11H2,1-2H3,(H,24,29). The summed E-state index contributed by atoms with van der Waals surface area (Å²) in [6, 6.07) is 11.2. The van der Waals surface area contributed by atoms with Crippen molar-refractivity contribution in [3.8, 4) is 11.5 Å². The number of amides is 1. The lowest BCUT2D eigenvalue weighted by molar-refractivity contribution is -0.116. The number of halogens is 1. The number of nitrogens with zero attached hydrogens (tertiary/aromatic N) is 5. The monoisotopic (exact) mass is 438 g/mol. The molecule has 0 aliphatic carbocycles. The van der Waals surface area contributed by atoms with Crippen LogP contribution >= 0.6 is 0 Å². The molecule has 0 bridgehead atoms. The number of nitrogens with one attached hydrogen (secondary N) is 1. The lowest BCUT2D eigenvalue weighted by atomic mass is 10.2. The summed E-state index contributed by atoms with van der Waals surface area (Å²) in [5.74, 6) is 0.141. The van der Waals surface area contributed by atoms with Crippen LogP contribution in [-0.2, 0) is 17.9 Å². The average Bonchev–Trinajstić information content (AvgIpc) is 3.20. The molecule has 164 valence electrons. The molecule has 0 unspecified atom stereocenters. The number of anilines is 1. The Balaban J connectivity index is 1.53. The van der Waals surface area contributed by atoms with Gasteiger partial charge in [-0.3, -0.25) is 14.2 Å². The summed E-state index contributed by atoms with van der Waals surface area (Å²) in [5.41, 5.74) is 0.528. The number of fused-ring (bicyclic) bond motifs is 1. The van der Waals surface area contributed by atoms with Crippen LogP contribution in [0.1, 0.15) is 5.56 Å². The molecule has 1 N–H and O–H groups in total. The maximum absolute atomic E-state index is 13.9. The summed E-state index contributed by atoms with van der Waals surface area (Å²) in [6.45, 7) is -0.213. The molecule has 0 aliphatic heterocycles. The first-order chi connectivity index (χ1) is 15.5. The number of hydrogen-bond donors (Lipinski definition) is 1. The molecule has 0 atom stereocenters. The number of hydrogen-bond acceptors (Lipinski definition) is 7. The molecule has 0 radical (unpaired) electrons. The maximum atomic E-state index is 13.9. The average molecular weight is 438 g/mol. The van der Waals surface area contributed by atoms with Crippen molar-refractivity contribution in [2.45, 2.75) is 13.1 Å². The second-order valence-corrected chi connectivity index (χ2v) is 6.81. The highest BCUT2D eigenvalue weighted by Gasteiger charge is 2.15. The highest BCUT2D eigenvalue weighted by atomic mass is 19.1. The number of ether oxygens (including phenoxy) is 2. The van der Waals surface area contributed by atoms with Crippen LogP contribution in [0.15, 0.2) is 53.6 Å². The summed E-state index contributed by atoms with van der Waals surface area (Å²) >= 11 is 0. The number of benzene rings is 2. The third-order valence-electron chi connectivity index (χ3n) is 4.75. The second kappa shape index (κ2) is 8.84. The van der Waals surface area contributed by atoms with E-state index in [0.717, 1.165) is 4.57 Å². The Morgan fingerprint density at radius 1 is 1.12 bits per heavy atom. The molecule has 0 saturated heterocycles. The van der Waals surface area contributed by atoms with Crippen molar-refractivity contribution in [1.29, 1.82) is 0 Å². The van der Waals surface area contributed by atoms with Gasteiger partial charge in [-0.05, 0) is 18.2 Å². The lowest BCUT2D eigenvalue weighted by Crippen LogP contribution is -2.28. The molecule has 1 amide bonds. The normalized spacial score (nSPS) is 10.8. The SMILES string of the molecule is COc1ccc(NC(=O)Cn2cnc3c(nnn3Cc3ccccc3F)c2=O)cc1OC. The molecule has 2 heterocycles. The zero-order valence-electron chi connectivity index (χ0n) is 17.3. The van der Waals surface area contributed by atoms with Gasteiger partial charge in [-0.2, -0.15) is 0 Å². The third kappa shape index (κ3) is 4.13. The first-order valence-corrected chi connectivity index (χ1v) is 9.54. The predicted octanol–water partition coefficient (Wildman–Crippen LogP) is 1.83. The van der Waals surface area contributed by atoms with Gasteiger partial charge >= 0.3 is 0 Å². The highest BCUT2D eigenvalue weighted by Crippen LogP contribution is 2.29. The first-order valence-electron chi connectivity index (χ1n) is 9.54. The zero-order valence-corrected chi connectivity index (χ0v) is 17.3.